The van der Waals surface area contributed by atoms with Crippen LogP contribution in [-0.4, -0.2) is 65.6 Å². The predicted molar refractivity (Wildman–Crippen MR) is 149 cm³/mol. The van der Waals surface area contributed by atoms with Crippen molar-refractivity contribution in [3.05, 3.63) is 64.8 Å². The Labute approximate surface area is 231 Å². The van der Waals surface area contributed by atoms with Gasteiger partial charge in [0.05, 0.1) is 11.1 Å². The Morgan fingerprint density at radius 1 is 1.05 bits per heavy atom. The standard InChI is InChI=1S/C26H28ClN7O4S/c1-16(35)17-3-5-19(6-4-17)31-26(36)34-11-9-20(10-12-34)29-24-22(27)14-28-25(32-24)30-21-7-8-23-18(13-21)15-33(2)39(23,37)38/h3-8,13-14,20H,9-12,15H2,1-2H3,(H,31,36)(H2,28,29,30,32). The minimum atomic E-state index is -3.43. The summed E-state index contributed by atoms with van der Waals surface area (Å²) in [4.78, 5) is 34.9. The zero-order valence-electron chi connectivity index (χ0n) is 21.4. The van der Waals surface area contributed by atoms with Crippen molar-refractivity contribution in [2.75, 3.05) is 36.1 Å². The molecule has 0 atom stereocenters. The number of piperidine rings is 1. The second kappa shape index (κ2) is 10.8. The molecule has 0 bridgehead atoms. The zero-order chi connectivity index (χ0) is 27.7. The summed E-state index contributed by atoms with van der Waals surface area (Å²) in [6, 6.07) is 11.7. The fourth-order valence-electron chi connectivity index (χ4n) is 4.59. The molecule has 3 heterocycles. The molecule has 3 aromatic rings. The van der Waals surface area contributed by atoms with Gasteiger partial charge < -0.3 is 20.9 Å². The SMILES string of the molecule is CC(=O)c1ccc(NC(=O)N2CCC(Nc3nc(Nc4ccc5c(c4)CN(C)S5(=O)=O)ncc3Cl)CC2)cc1. The van der Waals surface area contributed by atoms with E-state index in [0.29, 0.717) is 76.7 Å². The van der Waals surface area contributed by atoms with Crippen LogP contribution in [0.2, 0.25) is 5.02 Å². The van der Waals surface area contributed by atoms with E-state index in [1.165, 1.54) is 17.4 Å². The summed E-state index contributed by atoms with van der Waals surface area (Å²) in [5, 5.41) is 9.73. The van der Waals surface area contributed by atoms with Crippen LogP contribution in [-0.2, 0) is 16.6 Å². The number of likely N-dealkylation sites (tertiary alicyclic amines) is 1. The number of hydrogen-bond acceptors (Lipinski definition) is 8. The van der Waals surface area contributed by atoms with Gasteiger partial charge in [-0.1, -0.05) is 11.6 Å². The monoisotopic (exact) mass is 569 g/mol. The van der Waals surface area contributed by atoms with Crippen molar-refractivity contribution in [1.82, 2.24) is 19.2 Å². The smallest absolute Gasteiger partial charge is 0.321 e. The summed E-state index contributed by atoms with van der Waals surface area (Å²) in [7, 11) is -1.87. The third kappa shape index (κ3) is 5.82. The Morgan fingerprint density at radius 3 is 2.44 bits per heavy atom. The van der Waals surface area contributed by atoms with Gasteiger partial charge in [-0.05, 0) is 67.8 Å². The van der Waals surface area contributed by atoms with Crippen LogP contribution in [0.1, 0.15) is 35.7 Å². The molecule has 0 spiro atoms. The van der Waals surface area contributed by atoms with Crippen molar-refractivity contribution < 1.29 is 18.0 Å². The maximum Gasteiger partial charge on any atom is 0.321 e. The number of nitrogens with one attached hydrogen (secondary N) is 3. The maximum absolute atomic E-state index is 12.7. The lowest BCUT2D eigenvalue weighted by Gasteiger charge is -2.32. The highest BCUT2D eigenvalue weighted by Gasteiger charge is 2.31. The normalized spacial score (nSPS) is 16.9. The van der Waals surface area contributed by atoms with Crippen LogP contribution in [0.5, 0.6) is 0 Å². The first-order valence-corrected chi connectivity index (χ1v) is 14.2. The van der Waals surface area contributed by atoms with Gasteiger partial charge in [-0.3, -0.25) is 4.79 Å². The third-order valence-electron chi connectivity index (χ3n) is 6.81. The highest BCUT2D eigenvalue weighted by molar-refractivity contribution is 7.89. The maximum atomic E-state index is 12.7. The molecule has 1 saturated heterocycles. The molecule has 2 aliphatic heterocycles. The number of hydrogen-bond donors (Lipinski definition) is 3. The molecule has 1 fully saturated rings. The number of carbonyl (C=O) groups excluding carboxylic acids is 2. The topological polar surface area (TPSA) is 137 Å². The van der Waals surface area contributed by atoms with Crippen molar-refractivity contribution in [3.8, 4) is 0 Å². The van der Waals surface area contributed by atoms with E-state index in [4.69, 9.17) is 11.6 Å². The van der Waals surface area contributed by atoms with Gasteiger partial charge in [0.15, 0.2) is 11.6 Å². The van der Waals surface area contributed by atoms with E-state index in [0.717, 1.165) is 0 Å². The van der Waals surface area contributed by atoms with Crippen molar-refractivity contribution in [3.63, 3.8) is 0 Å². The second-order valence-corrected chi connectivity index (χ2v) is 12.0. The summed E-state index contributed by atoms with van der Waals surface area (Å²) in [5.74, 6) is 0.776. The Balaban J connectivity index is 1.17. The van der Waals surface area contributed by atoms with Gasteiger partial charge in [-0.25, -0.2) is 18.2 Å². The average Bonchev–Trinajstić information content (AvgIpc) is 3.13. The lowest BCUT2D eigenvalue weighted by molar-refractivity contribution is 0.101. The second-order valence-electron chi connectivity index (χ2n) is 9.57. The van der Waals surface area contributed by atoms with Crippen LogP contribution in [0, 0.1) is 0 Å². The number of rotatable bonds is 6. The van der Waals surface area contributed by atoms with E-state index in [2.05, 4.69) is 25.9 Å². The first kappa shape index (κ1) is 26.9. The molecule has 3 N–H and O–H groups in total. The highest BCUT2D eigenvalue weighted by Crippen LogP contribution is 2.32. The first-order valence-electron chi connectivity index (χ1n) is 12.4. The van der Waals surface area contributed by atoms with Gasteiger partial charge in [-0.2, -0.15) is 9.29 Å². The van der Waals surface area contributed by atoms with Crippen LogP contribution >= 0.6 is 11.6 Å². The molecule has 204 valence electrons. The molecular formula is C26H28ClN7O4S. The first-order chi connectivity index (χ1) is 18.6. The van der Waals surface area contributed by atoms with Gasteiger partial charge in [0.2, 0.25) is 16.0 Å². The van der Waals surface area contributed by atoms with Crippen molar-refractivity contribution in [2.24, 2.45) is 0 Å². The molecule has 0 aliphatic carbocycles. The molecule has 39 heavy (non-hydrogen) atoms. The number of anilines is 4. The van der Waals surface area contributed by atoms with Gasteiger partial charge in [0.1, 0.15) is 5.02 Å². The molecule has 11 nitrogen and oxygen atoms in total. The summed E-state index contributed by atoms with van der Waals surface area (Å²) >= 11 is 6.36. The van der Waals surface area contributed by atoms with Crippen LogP contribution in [0.25, 0.3) is 0 Å². The third-order valence-corrected chi connectivity index (χ3v) is 8.99. The number of aromatic nitrogens is 2. The molecule has 2 aromatic carbocycles. The Kier molecular flexibility index (Phi) is 7.43. The molecule has 2 amide bonds. The summed E-state index contributed by atoms with van der Waals surface area (Å²) in [6.07, 6.45) is 2.91. The number of urea groups is 1. The molecule has 2 aliphatic rings. The summed E-state index contributed by atoms with van der Waals surface area (Å²) in [5.41, 5.74) is 2.61. The van der Waals surface area contributed by atoms with Crippen LogP contribution < -0.4 is 16.0 Å². The molecule has 0 saturated carbocycles. The predicted octanol–water partition coefficient (Wildman–Crippen LogP) is 4.32. The number of sulfonamides is 1. The lowest BCUT2D eigenvalue weighted by atomic mass is 10.1. The number of fused-ring (bicyclic) bond motifs is 1. The average molecular weight is 570 g/mol. The lowest BCUT2D eigenvalue weighted by Crippen LogP contribution is -2.44. The number of amides is 2. The fourth-order valence-corrected chi connectivity index (χ4v) is 6.08. The van der Waals surface area contributed by atoms with E-state index in [1.54, 1.807) is 54.4 Å². The van der Waals surface area contributed by atoms with Crippen molar-refractivity contribution in [2.45, 2.75) is 37.2 Å². The Hall–Kier alpha value is -3.74. The van der Waals surface area contributed by atoms with Crippen molar-refractivity contribution in [1.29, 1.82) is 0 Å². The van der Waals surface area contributed by atoms with Crippen LogP contribution in [0.3, 0.4) is 0 Å². The van der Waals surface area contributed by atoms with E-state index >= 15 is 0 Å². The quantitative estimate of drug-likeness (QED) is 0.373. The molecular weight excluding hydrogens is 542 g/mol. The number of nitrogens with zero attached hydrogens (tertiary/aromatic N) is 4. The minimum absolute atomic E-state index is 0.0250. The van der Waals surface area contributed by atoms with Crippen LogP contribution in [0.15, 0.2) is 53.6 Å². The molecule has 0 unspecified atom stereocenters. The number of ketones is 1. The van der Waals surface area contributed by atoms with Gasteiger partial charge in [0.25, 0.3) is 0 Å². The number of Topliss-reactive ketones (excluding diaryl/α,β-unsaturated/α-hetero) is 1. The number of benzene rings is 2. The highest BCUT2D eigenvalue weighted by atomic mass is 35.5. The van der Waals surface area contributed by atoms with E-state index in [9.17, 15) is 18.0 Å². The van der Waals surface area contributed by atoms with E-state index in [-0.39, 0.29) is 17.9 Å². The van der Waals surface area contributed by atoms with Gasteiger partial charge >= 0.3 is 6.03 Å². The molecule has 13 heteroatoms. The molecule has 5 rings (SSSR count). The van der Waals surface area contributed by atoms with Gasteiger partial charge in [0, 0.05) is 49.7 Å². The fraction of sp³-hybridized carbons (Fsp3) is 0.308. The van der Waals surface area contributed by atoms with Crippen LogP contribution in [0.4, 0.5) is 27.9 Å². The molecule has 0 radical (unpaired) electrons. The van der Waals surface area contributed by atoms with Crippen molar-refractivity contribution >= 4 is 56.6 Å². The van der Waals surface area contributed by atoms with E-state index in [1.807, 2.05) is 0 Å². The zero-order valence-corrected chi connectivity index (χ0v) is 23.0. The molecule has 1 aromatic heterocycles. The summed E-state index contributed by atoms with van der Waals surface area (Å²) < 4.78 is 25.9. The Morgan fingerprint density at radius 2 is 1.74 bits per heavy atom. The largest absolute Gasteiger partial charge is 0.366 e. The van der Waals surface area contributed by atoms with Gasteiger partial charge in [-0.15, -0.1) is 0 Å². The summed E-state index contributed by atoms with van der Waals surface area (Å²) in [6.45, 7) is 2.91. The number of carbonyl (C=O) groups is 2. The Bertz CT molecular complexity index is 1520. The van der Waals surface area contributed by atoms with E-state index < -0.39 is 10.0 Å². The minimum Gasteiger partial charge on any atom is -0.366 e. The number of halogens is 1.